The largest absolute Gasteiger partial charge is 0.315 e. The Morgan fingerprint density at radius 2 is 1.84 bits per heavy atom. The van der Waals surface area contributed by atoms with Crippen LogP contribution in [0.3, 0.4) is 0 Å². The van der Waals surface area contributed by atoms with Gasteiger partial charge in [0.05, 0.1) is 0 Å². The molecule has 1 aliphatic carbocycles. The molecule has 0 spiro atoms. The Hall–Kier alpha value is -0.0800. The first-order valence-electron chi connectivity index (χ1n) is 8.43. The van der Waals surface area contributed by atoms with Crippen LogP contribution in [0, 0.1) is 17.3 Å². The van der Waals surface area contributed by atoms with Crippen LogP contribution in [-0.2, 0) is 0 Å². The van der Waals surface area contributed by atoms with Gasteiger partial charge in [-0.2, -0.15) is 0 Å². The third kappa shape index (κ3) is 4.46. The molecule has 1 saturated heterocycles. The average Bonchev–Trinajstić information content (AvgIpc) is 2.37. The van der Waals surface area contributed by atoms with E-state index in [9.17, 15) is 0 Å². The van der Waals surface area contributed by atoms with Crippen LogP contribution in [0.15, 0.2) is 0 Å². The Morgan fingerprint density at radius 3 is 2.58 bits per heavy atom. The molecule has 2 fully saturated rings. The van der Waals surface area contributed by atoms with Gasteiger partial charge in [-0.05, 0) is 49.5 Å². The molecule has 1 aliphatic heterocycles. The second-order valence-corrected chi connectivity index (χ2v) is 8.02. The fourth-order valence-electron chi connectivity index (χ4n) is 3.52. The molecule has 2 heteroatoms. The van der Waals surface area contributed by atoms with Crippen molar-refractivity contribution in [3.8, 4) is 0 Å². The molecular weight excluding hydrogens is 232 g/mol. The van der Waals surface area contributed by atoms with Crippen LogP contribution in [0.1, 0.15) is 66.2 Å². The second-order valence-electron chi connectivity index (χ2n) is 8.02. The van der Waals surface area contributed by atoms with E-state index in [0.717, 1.165) is 31.0 Å². The SMILES string of the molecule is CC(CNCC1CCC2CCCCC2N1)C(C)(C)C. The van der Waals surface area contributed by atoms with Gasteiger partial charge in [-0.25, -0.2) is 0 Å². The minimum Gasteiger partial charge on any atom is -0.315 e. The molecule has 2 nitrogen and oxygen atoms in total. The summed E-state index contributed by atoms with van der Waals surface area (Å²) in [4.78, 5) is 0. The molecule has 1 saturated carbocycles. The summed E-state index contributed by atoms with van der Waals surface area (Å²) in [7, 11) is 0. The predicted molar refractivity (Wildman–Crippen MR) is 83.4 cm³/mol. The Morgan fingerprint density at radius 1 is 1.11 bits per heavy atom. The van der Waals surface area contributed by atoms with E-state index in [0.29, 0.717) is 11.5 Å². The van der Waals surface area contributed by atoms with Gasteiger partial charge >= 0.3 is 0 Å². The lowest BCUT2D eigenvalue weighted by atomic mass is 9.77. The van der Waals surface area contributed by atoms with Crippen molar-refractivity contribution in [2.75, 3.05) is 13.1 Å². The zero-order valence-corrected chi connectivity index (χ0v) is 13.5. The molecule has 0 aromatic carbocycles. The summed E-state index contributed by atoms with van der Waals surface area (Å²) in [5.74, 6) is 1.72. The lowest BCUT2D eigenvalue weighted by molar-refractivity contribution is 0.171. The highest BCUT2D eigenvalue weighted by molar-refractivity contribution is 4.90. The summed E-state index contributed by atoms with van der Waals surface area (Å²) in [6.45, 7) is 11.7. The van der Waals surface area contributed by atoms with Crippen LogP contribution in [0.2, 0.25) is 0 Å². The highest BCUT2D eigenvalue weighted by Crippen LogP contribution is 2.32. The van der Waals surface area contributed by atoms with E-state index in [1.54, 1.807) is 0 Å². The van der Waals surface area contributed by atoms with Crippen molar-refractivity contribution >= 4 is 0 Å². The minimum absolute atomic E-state index is 0.418. The molecule has 4 atom stereocenters. The fourth-order valence-corrected chi connectivity index (χ4v) is 3.52. The Bertz CT molecular complexity index is 269. The number of rotatable bonds is 4. The summed E-state index contributed by atoms with van der Waals surface area (Å²) in [5, 5.41) is 7.60. The normalized spacial score (nSPS) is 33.8. The first-order chi connectivity index (χ1) is 8.97. The maximum Gasteiger partial charge on any atom is 0.0195 e. The number of fused-ring (bicyclic) bond motifs is 1. The lowest BCUT2D eigenvalue weighted by Crippen LogP contribution is -2.52. The van der Waals surface area contributed by atoms with Crippen molar-refractivity contribution in [1.29, 1.82) is 0 Å². The predicted octanol–water partition coefficient (Wildman–Crippen LogP) is 3.57. The fraction of sp³-hybridized carbons (Fsp3) is 1.00. The topological polar surface area (TPSA) is 24.1 Å². The van der Waals surface area contributed by atoms with Gasteiger partial charge in [-0.15, -0.1) is 0 Å². The lowest BCUT2D eigenvalue weighted by Gasteiger charge is -2.41. The highest BCUT2D eigenvalue weighted by Gasteiger charge is 2.31. The van der Waals surface area contributed by atoms with Gasteiger partial charge in [-0.3, -0.25) is 0 Å². The minimum atomic E-state index is 0.418. The van der Waals surface area contributed by atoms with Gasteiger partial charge in [0.2, 0.25) is 0 Å². The second kappa shape index (κ2) is 6.58. The average molecular weight is 266 g/mol. The van der Waals surface area contributed by atoms with Crippen LogP contribution >= 0.6 is 0 Å². The molecule has 0 radical (unpaired) electrons. The van der Waals surface area contributed by atoms with Gasteiger partial charge in [0.25, 0.3) is 0 Å². The molecule has 2 aliphatic rings. The van der Waals surface area contributed by atoms with Crippen molar-refractivity contribution in [3.63, 3.8) is 0 Å². The van der Waals surface area contributed by atoms with Crippen molar-refractivity contribution in [3.05, 3.63) is 0 Å². The molecular formula is C17H34N2. The molecule has 19 heavy (non-hydrogen) atoms. The van der Waals surface area contributed by atoms with Crippen molar-refractivity contribution < 1.29 is 0 Å². The third-order valence-corrected chi connectivity index (χ3v) is 5.56. The maximum absolute atomic E-state index is 3.91. The first-order valence-corrected chi connectivity index (χ1v) is 8.43. The molecule has 112 valence electrons. The summed E-state index contributed by atoms with van der Waals surface area (Å²) in [5.41, 5.74) is 0.418. The van der Waals surface area contributed by atoms with Gasteiger partial charge < -0.3 is 10.6 Å². The van der Waals surface area contributed by atoms with Crippen LogP contribution in [-0.4, -0.2) is 25.2 Å². The van der Waals surface area contributed by atoms with Gasteiger partial charge in [0.15, 0.2) is 0 Å². The summed E-state index contributed by atoms with van der Waals surface area (Å²) in [6, 6.07) is 1.54. The van der Waals surface area contributed by atoms with E-state index >= 15 is 0 Å². The molecule has 0 bridgehead atoms. The van der Waals surface area contributed by atoms with Crippen LogP contribution in [0.5, 0.6) is 0 Å². The molecule has 0 aromatic rings. The Kier molecular flexibility index (Phi) is 5.30. The highest BCUT2D eigenvalue weighted by atomic mass is 15.0. The molecule has 0 amide bonds. The van der Waals surface area contributed by atoms with Crippen LogP contribution < -0.4 is 10.6 Å². The summed E-state index contributed by atoms with van der Waals surface area (Å²) < 4.78 is 0. The number of nitrogens with one attached hydrogen (secondary N) is 2. The van der Waals surface area contributed by atoms with Crippen LogP contribution in [0.25, 0.3) is 0 Å². The van der Waals surface area contributed by atoms with Crippen LogP contribution in [0.4, 0.5) is 0 Å². The standard InChI is InChI=1S/C17H34N2/c1-13(17(2,3)4)11-18-12-15-10-9-14-7-5-6-8-16(14)19-15/h13-16,18-19H,5-12H2,1-4H3. The summed E-state index contributed by atoms with van der Waals surface area (Å²) in [6.07, 6.45) is 8.62. The van der Waals surface area contributed by atoms with Gasteiger partial charge in [-0.1, -0.05) is 40.5 Å². The molecule has 2 N–H and O–H groups in total. The van der Waals surface area contributed by atoms with E-state index in [1.165, 1.54) is 38.5 Å². The maximum atomic E-state index is 3.91. The quantitative estimate of drug-likeness (QED) is 0.813. The third-order valence-electron chi connectivity index (χ3n) is 5.56. The monoisotopic (exact) mass is 266 g/mol. The number of hydrogen-bond donors (Lipinski definition) is 2. The smallest absolute Gasteiger partial charge is 0.0195 e. The van der Waals surface area contributed by atoms with Gasteiger partial charge in [0.1, 0.15) is 0 Å². The van der Waals surface area contributed by atoms with E-state index in [1.807, 2.05) is 0 Å². The van der Waals surface area contributed by atoms with Crippen molar-refractivity contribution in [2.24, 2.45) is 17.3 Å². The molecule has 1 heterocycles. The van der Waals surface area contributed by atoms with Crippen molar-refractivity contribution in [1.82, 2.24) is 10.6 Å². The first kappa shape index (κ1) is 15.3. The molecule has 4 unspecified atom stereocenters. The molecule has 2 rings (SSSR count). The van der Waals surface area contributed by atoms with Gasteiger partial charge in [0, 0.05) is 18.6 Å². The Labute approximate surface area is 120 Å². The zero-order chi connectivity index (χ0) is 13.9. The van der Waals surface area contributed by atoms with E-state index < -0.39 is 0 Å². The van der Waals surface area contributed by atoms with E-state index in [-0.39, 0.29) is 0 Å². The number of piperidine rings is 1. The molecule has 0 aromatic heterocycles. The van der Waals surface area contributed by atoms with E-state index in [4.69, 9.17) is 0 Å². The summed E-state index contributed by atoms with van der Waals surface area (Å²) >= 11 is 0. The number of hydrogen-bond acceptors (Lipinski definition) is 2. The Balaban J connectivity index is 1.67. The van der Waals surface area contributed by atoms with Crippen molar-refractivity contribution in [2.45, 2.75) is 78.3 Å². The zero-order valence-electron chi connectivity index (χ0n) is 13.5. The van der Waals surface area contributed by atoms with E-state index in [2.05, 4.69) is 38.3 Å².